The third-order valence-corrected chi connectivity index (χ3v) is 4.47. The molecule has 0 aliphatic heterocycles. The Kier molecular flexibility index (Phi) is 5.81. The van der Waals surface area contributed by atoms with Gasteiger partial charge in [-0.3, -0.25) is 0 Å². The van der Waals surface area contributed by atoms with Crippen LogP contribution in [0.5, 0.6) is 5.88 Å². The molecule has 0 saturated heterocycles. The van der Waals surface area contributed by atoms with Crippen LogP contribution in [-0.4, -0.2) is 23.1 Å². The molecule has 1 aromatic heterocycles. The van der Waals surface area contributed by atoms with E-state index in [0.717, 1.165) is 35.6 Å². The van der Waals surface area contributed by atoms with Gasteiger partial charge >= 0.3 is 0 Å². The number of rotatable bonds is 6. The van der Waals surface area contributed by atoms with Gasteiger partial charge in [0.2, 0.25) is 0 Å². The second kappa shape index (κ2) is 7.65. The van der Waals surface area contributed by atoms with E-state index in [2.05, 4.69) is 52.1 Å². The van der Waals surface area contributed by atoms with Crippen molar-refractivity contribution in [3.05, 3.63) is 34.5 Å². The average molecular weight is 327 g/mol. The van der Waals surface area contributed by atoms with Crippen LogP contribution in [0, 0.1) is 27.7 Å². The minimum Gasteiger partial charge on any atom is -0.478 e. The summed E-state index contributed by atoms with van der Waals surface area (Å²) in [6.45, 7) is 12.7. The summed E-state index contributed by atoms with van der Waals surface area (Å²) in [6.07, 6.45) is 2.08. The van der Waals surface area contributed by atoms with E-state index in [0.29, 0.717) is 11.9 Å². The van der Waals surface area contributed by atoms with Crippen molar-refractivity contribution in [2.45, 2.75) is 60.4 Å². The number of hydrogen-bond acceptors (Lipinski definition) is 4. The second-order valence-corrected chi connectivity index (χ2v) is 6.45. The van der Waals surface area contributed by atoms with Crippen LogP contribution in [0.3, 0.4) is 0 Å². The number of nitrogens with one attached hydrogen (secondary N) is 1. The Bertz CT molecular complexity index is 698. The molecule has 0 saturated carbocycles. The highest BCUT2D eigenvalue weighted by molar-refractivity contribution is 5.71. The first-order chi connectivity index (χ1) is 11.4. The molecule has 4 nitrogen and oxygen atoms in total. The molecule has 2 aromatic rings. The number of benzene rings is 1. The van der Waals surface area contributed by atoms with Gasteiger partial charge in [-0.05, 0) is 51.7 Å². The smallest absolute Gasteiger partial charge is 0.257 e. The first-order valence-electron chi connectivity index (χ1n) is 8.68. The topological polar surface area (TPSA) is 47.0 Å². The summed E-state index contributed by atoms with van der Waals surface area (Å²) >= 11 is 0. The fraction of sp³-hybridized carbons (Fsp3) is 0.500. The maximum atomic E-state index is 5.52. The van der Waals surface area contributed by atoms with Gasteiger partial charge in [0.05, 0.1) is 18.5 Å². The predicted molar refractivity (Wildman–Crippen MR) is 101 cm³/mol. The number of nitrogens with zero attached hydrogens (tertiary/aromatic N) is 2. The molecule has 0 spiro atoms. The lowest BCUT2D eigenvalue weighted by atomic mass is 9.96. The van der Waals surface area contributed by atoms with Crippen LogP contribution in [0.1, 0.15) is 49.1 Å². The van der Waals surface area contributed by atoms with Crippen molar-refractivity contribution in [3.63, 3.8) is 0 Å². The van der Waals surface area contributed by atoms with Gasteiger partial charge in [0.1, 0.15) is 0 Å². The average Bonchev–Trinajstić information content (AvgIpc) is 2.53. The maximum absolute atomic E-state index is 5.52. The highest BCUT2D eigenvalue weighted by Gasteiger charge is 2.18. The Hall–Kier alpha value is -2.10. The third kappa shape index (κ3) is 3.69. The maximum Gasteiger partial charge on any atom is 0.257 e. The Morgan fingerprint density at radius 2 is 1.58 bits per heavy atom. The molecule has 0 radical (unpaired) electrons. The molecule has 1 aromatic carbocycles. The fourth-order valence-corrected chi connectivity index (χ4v) is 3.22. The molecule has 0 bridgehead atoms. The Morgan fingerprint density at radius 3 is 2.08 bits per heavy atom. The summed E-state index contributed by atoms with van der Waals surface area (Å²) in [4.78, 5) is 9.55. The molecule has 1 N–H and O–H groups in total. The summed E-state index contributed by atoms with van der Waals surface area (Å²) in [7, 11) is 1.65. The number of ether oxygens (including phenoxy) is 1. The molecule has 4 heteroatoms. The van der Waals surface area contributed by atoms with Crippen LogP contribution in [0.25, 0.3) is 11.3 Å². The molecule has 24 heavy (non-hydrogen) atoms. The lowest BCUT2D eigenvalue weighted by Crippen LogP contribution is -2.19. The second-order valence-electron chi connectivity index (χ2n) is 6.45. The van der Waals surface area contributed by atoms with Gasteiger partial charge in [-0.2, -0.15) is 0 Å². The first kappa shape index (κ1) is 18.2. The first-order valence-corrected chi connectivity index (χ1v) is 8.68. The van der Waals surface area contributed by atoms with Crippen molar-refractivity contribution in [2.24, 2.45) is 0 Å². The summed E-state index contributed by atoms with van der Waals surface area (Å²) in [5.41, 5.74) is 6.66. The molecule has 0 unspecified atom stereocenters. The Labute approximate surface area is 145 Å². The van der Waals surface area contributed by atoms with Crippen LogP contribution >= 0.6 is 0 Å². The lowest BCUT2D eigenvalue weighted by molar-refractivity contribution is 0.397. The van der Waals surface area contributed by atoms with E-state index in [1.165, 1.54) is 16.7 Å². The minimum atomic E-state index is 0.376. The van der Waals surface area contributed by atoms with Crippen LogP contribution in [0.2, 0.25) is 0 Å². The van der Waals surface area contributed by atoms with Crippen molar-refractivity contribution < 1.29 is 4.74 Å². The number of hydrogen-bond donors (Lipinski definition) is 1. The molecule has 2 rings (SSSR count). The highest BCUT2D eigenvalue weighted by atomic mass is 16.5. The molecule has 130 valence electrons. The van der Waals surface area contributed by atoms with E-state index in [1.54, 1.807) is 7.11 Å². The summed E-state index contributed by atoms with van der Waals surface area (Å²) < 4.78 is 5.52. The largest absolute Gasteiger partial charge is 0.478 e. The van der Waals surface area contributed by atoms with E-state index in [9.17, 15) is 0 Å². The monoisotopic (exact) mass is 327 g/mol. The van der Waals surface area contributed by atoms with E-state index in [1.807, 2.05) is 6.92 Å². The number of aryl methyl sites for hydroxylation is 4. The van der Waals surface area contributed by atoms with Gasteiger partial charge in [0.15, 0.2) is 5.82 Å². The number of anilines is 1. The minimum absolute atomic E-state index is 0.376. The van der Waals surface area contributed by atoms with Crippen LogP contribution in [-0.2, 0) is 0 Å². The van der Waals surface area contributed by atoms with Gasteiger partial charge in [-0.15, -0.1) is 0 Å². The summed E-state index contributed by atoms with van der Waals surface area (Å²) in [5, 5.41) is 3.46. The van der Waals surface area contributed by atoms with Crippen LogP contribution in [0.4, 0.5) is 5.82 Å². The molecule has 0 aliphatic rings. The van der Waals surface area contributed by atoms with E-state index in [4.69, 9.17) is 14.7 Å². The van der Waals surface area contributed by atoms with Gasteiger partial charge in [-0.1, -0.05) is 31.5 Å². The Balaban J connectivity index is 2.55. The fourth-order valence-electron chi connectivity index (χ4n) is 3.22. The molecule has 0 aliphatic carbocycles. The van der Waals surface area contributed by atoms with Crippen molar-refractivity contribution in [2.75, 3.05) is 12.4 Å². The van der Waals surface area contributed by atoms with Gasteiger partial charge in [0, 0.05) is 11.6 Å². The SMILES string of the molecule is CCC(CC)Nc1nc(C)c(-c2c(C)cc(C)cc2C)nc1OC. The van der Waals surface area contributed by atoms with Crippen molar-refractivity contribution in [1.82, 2.24) is 9.97 Å². The molecule has 1 heterocycles. The zero-order valence-corrected chi connectivity index (χ0v) is 15.9. The van der Waals surface area contributed by atoms with Gasteiger partial charge in [-0.25, -0.2) is 9.97 Å². The highest BCUT2D eigenvalue weighted by Crippen LogP contribution is 2.32. The quantitative estimate of drug-likeness (QED) is 0.812. The van der Waals surface area contributed by atoms with Crippen molar-refractivity contribution in [1.29, 1.82) is 0 Å². The van der Waals surface area contributed by atoms with Gasteiger partial charge < -0.3 is 10.1 Å². The molecule has 0 amide bonds. The summed E-state index contributed by atoms with van der Waals surface area (Å²) in [6, 6.07) is 4.75. The Morgan fingerprint density at radius 1 is 1.00 bits per heavy atom. The summed E-state index contributed by atoms with van der Waals surface area (Å²) in [5.74, 6) is 1.29. The van der Waals surface area contributed by atoms with Gasteiger partial charge in [0.25, 0.3) is 5.88 Å². The van der Waals surface area contributed by atoms with E-state index in [-0.39, 0.29) is 0 Å². The molecule has 0 fully saturated rings. The predicted octanol–water partition coefficient (Wildman–Crippen LogP) is 4.99. The molecular formula is C20H29N3O. The van der Waals surface area contributed by atoms with E-state index < -0.39 is 0 Å². The van der Waals surface area contributed by atoms with Crippen molar-refractivity contribution >= 4 is 5.82 Å². The standard InChI is InChI=1S/C20H29N3O/c1-8-16(9-2)22-19-20(24-7)23-18(15(6)21-19)17-13(4)10-12(3)11-14(17)5/h10-11,16H,8-9H2,1-7H3,(H,21,22). The number of aromatic nitrogens is 2. The molecular weight excluding hydrogens is 298 g/mol. The zero-order valence-electron chi connectivity index (χ0n) is 15.9. The third-order valence-electron chi connectivity index (χ3n) is 4.47. The van der Waals surface area contributed by atoms with E-state index >= 15 is 0 Å². The van der Waals surface area contributed by atoms with Crippen molar-refractivity contribution in [3.8, 4) is 17.1 Å². The molecule has 0 atom stereocenters. The van der Waals surface area contributed by atoms with Crippen LogP contribution in [0.15, 0.2) is 12.1 Å². The zero-order chi connectivity index (χ0) is 17.9. The lowest BCUT2D eigenvalue weighted by Gasteiger charge is -2.19. The number of methoxy groups -OCH3 is 1. The normalized spacial score (nSPS) is 11.0. The van der Waals surface area contributed by atoms with Crippen LogP contribution < -0.4 is 10.1 Å².